The molecule has 19 heavy (non-hydrogen) atoms. The molecule has 2 rings (SSSR count). The molecular weight excluding hydrogens is 243 g/mol. The summed E-state index contributed by atoms with van der Waals surface area (Å²) in [6, 6.07) is 5.01. The summed E-state index contributed by atoms with van der Waals surface area (Å²) in [5.74, 6) is 0.00916. The minimum Gasteiger partial charge on any atom is -0.494 e. The van der Waals surface area contributed by atoms with Crippen LogP contribution in [0.5, 0.6) is 5.75 Å². The number of rotatable bonds is 6. The van der Waals surface area contributed by atoms with Gasteiger partial charge in [0.15, 0.2) is 11.6 Å². The molecule has 0 atom stereocenters. The topological polar surface area (TPSA) is 24.5 Å². The predicted molar refractivity (Wildman–Crippen MR) is 74.9 cm³/mol. The van der Waals surface area contributed by atoms with Crippen LogP contribution >= 0.6 is 0 Å². The molecule has 106 valence electrons. The van der Waals surface area contributed by atoms with E-state index < -0.39 is 0 Å². The van der Waals surface area contributed by atoms with Crippen LogP contribution in [0.3, 0.4) is 0 Å². The molecule has 0 radical (unpaired) electrons. The Labute approximate surface area is 114 Å². The van der Waals surface area contributed by atoms with Crippen LogP contribution in [0.2, 0.25) is 0 Å². The highest BCUT2D eigenvalue weighted by atomic mass is 19.1. The van der Waals surface area contributed by atoms with Crippen molar-refractivity contribution in [2.75, 3.05) is 33.3 Å². The van der Waals surface area contributed by atoms with Gasteiger partial charge in [0.2, 0.25) is 0 Å². The van der Waals surface area contributed by atoms with Gasteiger partial charge in [-0.2, -0.15) is 0 Å². The third kappa shape index (κ3) is 4.48. The summed E-state index contributed by atoms with van der Waals surface area (Å²) in [6.07, 6.45) is 4.03. The lowest BCUT2D eigenvalue weighted by Crippen LogP contribution is -2.35. The molecule has 1 aromatic rings. The van der Waals surface area contributed by atoms with Gasteiger partial charge in [-0.3, -0.25) is 0 Å². The van der Waals surface area contributed by atoms with E-state index in [2.05, 4.69) is 10.2 Å². The summed E-state index contributed by atoms with van der Waals surface area (Å²) in [7, 11) is 1.49. The molecule has 0 unspecified atom stereocenters. The lowest BCUT2D eigenvalue weighted by Gasteiger charge is -2.26. The molecule has 1 saturated heterocycles. The van der Waals surface area contributed by atoms with E-state index in [4.69, 9.17) is 4.74 Å². The third-order valence-corrected chi connectivity index (χ3v) is 3.60. The van der Waals surface area contributed by atoms with Crippen LogP contribution in [0.25, 0.3) is 0 Å². The van der Waals surface area contributed by atoms with Gasteiger partial charge in [-0.25, -0.2) is 4.39 Å². The fraction of sp³-hybridized carbons (Fsp3) is 0.600. The van der Waals surface area contributed by atoms with Crippen molar-refractivity contribution in [3.63, 3.8) is 0 Å². The number of likely N-dealkylation sites (tertiary alicyclic amines) is 1. The maximum atomic E-state index is 13.2. The van der Waals surface area contributed by atoms with Crippen LogP contribution < -0.4 is 10.1 Å². The molecule has 1 fully saturated rings. The molecule has 0 saturated carbocycles. The Balaban J connectivity index is 1.70. The zero-order chi connectivity index (χ0) is 13.5. The minimum absolute atomic E-state index is 0.306. The van der Waals surface area contributed by atoms with Gasteiger partial charge < -0.3 is 15.0 Å². The molecule has 0 aliphatic carbocycles. The summed E-state index contributed by atoms with van der Waals surface area (Å²) in [6.45, 7) is 5.28. The van der Waals surface area contributed by atoms with Gasteiger partial charge in [0.05, 0.1) is 7.11 Å². The van der Waals surface area contributed by atoms with E-state index >= 15 is 0 Å². The molecule has 1 aromatic carbocycles. The normalized spacial score (nSPS) is 16.5. The fourth-order valence-corrected chi connectivity index (χ4v) is 2.47. The van der Waals surface area contributed by atoms with E-state index in [0.29, 0.717) is 5.75 Å². The zero-order valence-electron chi connectivity index (χ0n) is 11.6. The first-order valence-electron chi connectivity index (χ1n) is 7.05. The molecule has 0 spiro atoms. The van der Waals surface area contributed by atoms with E-state index in [-0.39, 0.29) is 5.82 Å². The number of benzene rings is 1. The van der Waals surface area contributed by atoms with Crippen LogP contribution in [0.1, 0.15) is 24.8 Å². The van der Waals surface area contributed by atoms with Crippen molar-refractivity contribution in [1.82, 2.24) is 10.2 Å². The Kier molecular flexibility index (Phi) is 5.61. The lowest BCUT2D eigenvalue weighted by atomic mass is 10.1. The van der Waals surface area contributed by atoms with Crippen molar-refractivity contribution in [3.05, 3.63) is 29.6 Å². The number of piperidine rings is 1. The van der Waals surface area contributed by atoms with E-state index in [1.54, 1.807) is 12.1 Å². The van der Waals surface area contributed by atoms with E-state index in [1.165, 1.54) is 45.5 Å². The van der Waals surface area contributed by atoms with Gasteiger partial charge in [-0.05, 0) is 43.6 Å². The lowest BCUT2D eigenvalue weighted by molar-refractivity contribution is 0.229. The van der Waals surface area contributed by atoms with E-state index in [1.807, 2.05) is 0 Å². The monoisotopic (exact) mass is 266 g/mol. The van der Waals surface area contributed by atoms with Crippen LogP contribution in [-0.4, -0.2) is 38.2 Å². The molecule has 1 aliphatic heterocycles. The maximum Gasteiger partial charge on any atom is 0.165 e. The summed E-state index contributed by atoms with van der Waals surface area (Å²) < 4.78 is 18.2. The smallest absolute Gasteiger partial charge is 0.165 e. The van der Waals surface area contributed by atoms with Crippen molar-refractivity contribution in [3.8, 4) is 5.75 Å². The van der Waals surface area contributed by atoms with Gasteiger partial charge in [0.1, 0.15) is 0 Å². The highest BCUT2D eigenvalue weighted by molar-refractivity contribution is 5.30. The molecular formula is C15H23FN2O. The molecule has 3 nitrogen and oxygen atoms in total. The summed E-state index contributed by atoms with van der Waals surface area (Å²) in [4.78, 5) is 2.50. The SMILES string of the molecule is COc1cc(CNCCN2CCCCC2)ccc1F. The Morgan fingerprint density at radius 1 is 1.26 bits per heavy atom. The number of halogens is 1. The fourth-order valence-electron chi connectivity index (χ4n) is 2.47. The number of methoxy groups -OCH3 is 1. The number of hydrogen-bond acceptors (Lipinski definition) is 3. The second kappa shape index (κ2) is 7.46. The van der Waals surface area contributed by atoms with Gasteiger partial charge in [0.25, 0.3) is 0 Å². The molecule has 0 bridgehead atoms. The average molecular weight is 266 g/mol. The Morgan fingerprint density at radius 3 is 2.79 bits per heavy atom. The Morgan fingerprint density at radius 2 is 2.05 bits per heavy atom. The number of nitrogens with one attached hydrogen (secondary N) is 1. The highest BCUT2D eigenvalue weighted by Crippen LogP contribution is 2.17. The van der Waals surface area contributed by atoms with Crippen molar-refractivity contribution in [1.29, 1.82) is 0 Å². The Bertz CT molecular complexity index is 392. The van der Waals surface area contributed by atoms with Gasteiger partial charge in [0, 0.05) is 19.6 Å². The standard InChI is InChI=1S/C15H23FN2O/c1-19-15-11-13(5-6-14(15)16)12-17-7-10-18-8-3-2-4-9-18/h5-6,11,17H,2-4,7-10,12H2,1H3. The second-order valence-electron chi connectivity index (χ2n) is 5.05. The first kappa shape index (κ1) is 14.3. The number of hydrogen-bond donors (Lipinski definition) is 1. The predicted octanol–water partition coefficient (Wildman–Crippen LogP) is 2.41. The third-order valence-electron chi connectivity index (χ3n) is 3.60. The molecule has 1 N–H and O–H groups in total. The van der Waals surface area contributed by atoms with Crippen molar-refractivity contribution in [2.24, 2.45) is 0 Å². The minimum atomic E-state index is -0.306. The van der Waals surface area contributed by atoms with Crippen LogP contribution in [0, 0.1) is 5.82 Å². The second-order valence-corrected chi connectivity index (χ2v) is 5.05. The molecule has 0 aromatic heterocycles. The Hall–Kier alpha value is -1.13. The first-order chi connectivity index (χ1) is 9.29. The highest BCUT2D eigenvalue weighted by Gasteiger charge is 2.09. The van der Waals surface area contributed by atoms with E-state index in [0.717, 1.165) is 25.2 Å². The maximum absolute atomic E-state index is 13.2. The van der Waals surface area contributed by atoms with Crippen molar-refractivity contribution >= 4 is 0 Å². The largest absolute Gasteiger partial charge is 0.494 e. The van der Waals surface area contributed by atoms with E-state index in [9.17, 15) is 4.39 Å². The van der Waals surface area contributed by atoms with Gasteiger partial charge in [-0.15, -0.1) is 0 Å². The van der Waals surface area contributed by atoms with Crippen LogP contribution in [-0.2, 0) is 6.54 Å². The quantitative estimate of drug-likeness (QED) is 0.800. The summed E-state index contributed by atoms with van der Waals surface area (Å²) in [5, 5.41) is 3.40. The first-order valence-corrected chi connectivity index (χ1v) is 7.05. The van der Waals surface area contributed by atoms with Crippen molar-refractivity contribution in [2.45, 2.75) is 25.8 Å². The molecule has 1 heterocycles. The molecule has 1 aliphatic rings. The molecule has 0 amide bonds. The zero-order valence-corrected chi connectivity index (χ0v) is 11.6. The molecule has 4 heteroatoms. The van der Waals surface area contributed by atoms with Crippen molar-refractivity contribution < 1.29 is 9.13 Å². The number of nitrogens with zero attached hydrogens (tertiary/aromatic N) is 1. The van der Waals surface area contributed by atoms with Crippen LogP contribution in [0.4, 0.5) is 4.39 Å². The average Bonchev–Trinajstić information content (AvgIpc) is 2.46. The van der Waals surface area contributed by atoms with Crippen LogP contribution in [0.15, 0.2) is 18.2 Å². The van der Waals surface area contributed by atoms with Gasteiger partial charge >= 0.3 is 0 Å². The summed E-state index contributed by atoms with van der Waals surface area (Å²) in [5.41, 5.74) is 1.05. The van der Waals surface area contributed by atoms with Gasteiger partial charge in [-0.1, -0.05) is 12.5 Å². The summed E-state index contributed by atoms with van der Waals surface area (Å²) >= 11 is 0. The number of ether oxygens (including phenoxy) is 1.